The lowest BCUT2D eigenvalue weighted by atomic mass is 9.87. The molecule has 0 aliphatic heterocycles. The van der Waals surface area contributed by atoms with E-state index in [4.69, 9.17) is 0 Å². The molecule has 6 heteroatoms. The highest BCUT2D eigenvalue weighted by Crippen LogP contribution is 2.40. The highest BCUT2D eigenvalue weighted by Gasteiger charge is 2.48. The van der Waals surface area contributed by atoms with E-state index in [1.54, 1.807) is 24.3 Å². The van der Waals surface area contributed by atoms with Crippen LogP contribution in [0.15, 0.2) is 48.5 Å². The Bertz CT molecular complexity index is 929. The highest BCUT2D eigenvalue weighted by molar-refractivity contribution is 6.03. The van der Waals surface area contributed by atoms with E-state index in [0.29, 0.717) is 17.7 Å². The Labute approximate surface area is 170 Å². The summed E-state index contributed by atoms with van der Waals surface area (Å²) in [6.07, 6.45) is 0.508. The standard InChI is InChI=1S/C23H26N2O4/c1-23(2,3)15-8-10-16(11-9-15)24-20(26)18-13-19(18)21(27)25-17-7-5-6-14(12-17)22(28)29-4/h5-12,18-19H,13H2,1-4H3,(H,24,26)(H,25,27). The van der Waals surface area contributed by atoms with Gasteiger partial charge in [0, 0.05) is 11.4 Å². The van der Waals surface area contributed by atoms with Crippen LogP contribution < -0.4 is 10.6 Å². The number of hydrogen-bond acceptors (Lipinski definition) is 4. The molecule has 1 fully saturated rings. The summed E-state index contributed by atoms with van der Waals surface area (Å²) in [5, 5.41) is 5.65. The van der Waals surface area contributed by atoms with Crippen LogP contribution in [-0.2, 0) is 19.7 Å². The minimum absolute atomic E-state index is 0.0490. The van der Waals surface area contributed by atoms with Gasteiger partial charge in [0.15, 0.2) is 0 Å². The largest absolute Gasteiger partial charge is 0.465 e. The zero-order valence-corrected chi connectivity index (χ0v) is 17.1. The van der Waals surface area contributed by atoms with Crippen LogP contribution in [0.25, 0.3) is 0 Å². The van der Waals surface area contributed by atoms with Gasteiger partial charge in [-0.25, -0.2) is 4.79 Å². The predicted octanol–water partition coefficient (Wildman–Crippen LogP) is 3.98. The van der Waals surface area contributed by atoms with Gasteiger partial charge in [-0.3, -0.25) is 9.59 Å². The minimum atomic E-state index is -0.470. The average Bonchev–Trinajstić information content (AvgIpc) is 3.48. The number of rotatable bonds is 5. The van der Waals surface area contributed by atoms with E-state index in [2.05, 4.69) is 36.1 Å². The second kappa shape index (κ2) is 8.07. The number of benzene rings is 2. The Balaban J connectivity index is 1.55. The molecule has 1 aliphatic rings. The van der Waals surface area contributed by atoms with Crippen LogP contribution in [0.3, 0.4) is 0 Å². The molecule has 0 bridgehead atoms. The van der Waals surface area contributed by atoms with Gasteiger partial charge in [0.05, 0.1) is 24.5 Å². The first-order chi connectivity index (χ1) is 13.7. The van der Waals surface area contributed by atoms with Crippen LogP contribution in [0.1, 0.15) is 43.1 Å². The Morgan fingerprint density at radius 3 is 2.03 bits per heavy atom. The molecule has 29 heavy (non-hydrogen) atoms. The fourth-order valence-electron chi connectivity index (χ4n) is 3.14. The lowest BCUT2D eigenvalue weighted by Crippen LogP contribution is -2.20. The molecular weight excluding hydrogens is 368 g/mol. The van der Waals surface area contributed by atoms with Crippen molar-refractivity contribution in [3.05, 3.63) is 59.7 Å². The molecule has 2 atom stereocenters. The maximum absolute atomic E-state index is 12.5. The molecule has 0 spiro atoms. The summed E-state index contributed by atoms with van der Waals surface area (Å²) >= 11 is 0. The molecule has 1 saturated carbocycles. The van der Waals surface area contributed by atoms with Gasteiger partial charge in [-0.1, -0.05) is 39.0 Å². The number of carbonyl (C=O) groups is 3. The minimum Gasteiger partial charge on any atom is -0.465 e. The summed E-state index contributed by atoms with van der Waals surface area (Å²) in [7, 11) is 1.30. The van der Waals surface area contributed by atoms with Crippen molar-refractivity contribution in [1.82, 2.24) is 0 Å². The number of amides is 2. The number of hydrogen-bond donors (Lipinski definition) is 2. The molecule has 0 saturated heterocycles. The fourth-order valence-corrected chi connectivity index (χ4v) is 3.14. The summed E-state index contributed by atoms with van der Waals surface area (Å²) in [5.41, 5.74) is 2.82. The van der Waals surface area contributed by atoms with E-state index >= 15 is 0 Å². The summed E-state index contributed by atoms with van der Waals surface area (Å²) in [4.78, 5) is 36.5. The van der Waals surface area contributed by atoms with E-state index in [1.165, 1.54) is 12.7 Å². The van der Waals surface area contributed by atoms with E-state index in [-0.39, 0.29) is 29.1 Å². The third-order valence-electron chi connectivity index (χ3n) is 5.03. The maximum Gasteiger partial charge on any atom is 0.337 e. The molecule has 2 N–H and O–H groups in total. The molecule has 2 aromatic carbocycles. The third kappa shape index (κ3) is 5.02. The van der Waals surface area contributed by atoms with Gasteiger partial charge < -0.3 is 15.4 Å². The summed E-state index contributed by atoms with van der Waals surface area (Å²) in [6, 6.07) is 14.3. The van der Waals surface area contributed by atoms with Crippen molar-refractivity contribution >= 4 is 29.2 Å². The molecule has 0 radical (unpaired) electrons. The topological polar surface area (TPSA) is 84.5 Å². The van der Waals surface area contributed by atoms with Crippen LogP contribution in [0.4, 0.5) is 11.4 Å². The van der Waals surface area contributed by atoms with Crippen molar-refractivity contribution in [3.8, 4) is 0 Å². The molecule has 6 nitrogen and oxygen atoms in total. The number of carbonyl (C=O) groups excluding carboxylic acids is 3. The molecule has 152 valence electrons. The quantitative estimate of drug-likeness (QED) is 0.751. The van der Waals surface area contributed by atoms with Crippen molar-refractivity contribution < 1.29 is 19.1 Å². The van der Waals surface area contributed by atoms with Crippen LogP contribution in [-0.4, -0.2) is 24.9 Å². The summed E-state index contributed by atoms with van der Waals surface area (Å²) in [6.45, 7) is 6.40. The Morgan fingerprint density at radius 1 is 0.897 bits per heavy atom. The highest BCUT2D eigenvalue weighted by atomic mass is 16.5. The van der Waals surface area contributed by atoms with Crippen molar-refractivity contribution in [2.45, 2.75) is 32.6 Å². The van der Waals surface area contributed by atoms with E-state index < -0.39 is 5.97 Å². The summed E-state index contributed by atoms with van der Waals surface area (Å²) < 4.78 is 4.68. The average molecular weight is 394 g/mol. The molecule has 0 aromatic heterocycles. The monoisotopic (exact) mass is 394 g/mol. The zero-order chi connectivity index (χ0) is 21.2. The first-order valence-electron chi connectivity index (χ1n) is 9.59. The normalized spacial score (nSPS) is 17.9. The molecule has 2 aromatic rings. The van der Waals surface area contributed by atoms with Gasteiger partial charge in [-0.2, -0.15) is 0 Å². The summed E-state index contributed by atoms with van der Waals surface area (Å²) in [5.74, 6) is -1.57. The molecular formula is C23H26N2O4. The van der Waals surface area contributed by atoms with Crippen LogP contribution in [0.5, 0.6) is 0 Å². The zero-order valence-electron chi connectivity index (χ0n) is 17.1. The number of nitrogens with one attached hydrogen (secondary N) is 2. The van der Waals surface area contributed by atoms with Gasteiger partial charge in [0.25, 0.3) is 0 Å². The smallest absolute Gasteiger partial charge is 0.337 e. The van der Waals surface area contributed by atoms with Gasteiger partial charge in [0.2, 0.25) is 11.8 Å². The molecule has 2 amide bonds. The molecule has 1 aliphatic carbocycles. The SMILES string of the molecule is COC(=O)c1cccc(NC(=O)C2CC2C(=O)Nc2ccc(C(C)(C)C)cc2)c1. The lowest BCUT2D eigenvalue weighted by molar-refractivity contribution is -0.122. The third-order valence-corrected chi connectivity index (χ3v) is 5.03. The van der Waals surface area contributed by atoms with E-state index in [0.717, 1.165) is 5.69 Å². The Morgan fingerprint density at radius 2 is 1.48 bits per heavy atom. The number of anilines is 2. The second-order valence-electron chi connectivity index (χ2n) is 8.33. The first-order valence-corrected chi connectivity index (χ1v) is 9.59. The Kier molecular flexibility index (Phi) is 5.73. The number of methoxy groups -OCH3 is 1. The van der Waals surface area contributed by atoms with Crippen molar-refractivity contribution in [2.75, 3.05) is 17.7 Å². The fraction of sp³-hybridized carbons (Fsp3) is 0.348. The predicted molar refractivity (Wildman–Crippen MR) is 112 cm³/mol. The van der Waals surface area contributed by atoms with Crippen molar-refractivity contribution in [2.24, 2.45) is 11.8 Å². The van der Waals surface area contributed by atoms with Gasteiger partial charge >= 0.3 is 5.97 Å². The first kappa shape index (κ1) is 20.6. The van der Waals surface area contributed by atoms with E-state index in [1.807, 2.05) is 24.3 Å². The van der Waals surface area contributed by atoms with Crippen molar-refractivity contribution in [3.63, 3.8) is 0 Å². The number of ether oxygens (including phenoxy) is 1. The second-order valence-corrected chi connectivity index (χ2v) is 8.33. The van der Waals surface area contributed by atoms with Crippen LogP contribution in [0.2, 0.25) is 0 Å². The maximum atomic E-state index is 12.5. The molecule has 2 unspecified atom stereocenters. The van der Waals surface area contributed by atoms with Crippen LogP contribution in [0, 0.1) is 11.8 Å². The lowest BCUT2D eigenvalue weighted by Gasteiger charge is -2.19. The van der Waals surface area contributed by atoms with Gasteiger partial charge in [-0.15, -0.1) is 0 Å². The van der Waals surface area contributed by atoms with Gasteiger partial charge in [0.1, 0.15) is 0 Å². The van der Waals surface area contributed by atoms with Crippen molar-refractivity contribution in [1.29, 1.82) is 0 Å². The van der Waals surface area contributed by atoms with Gasteiger partial charge in [-0.05, 0) is 47.7 Å². The van der Waals surface area contributed by atoms with E-state index in [9.17, 15) is 14.4 Å². The molecule has 0 heterocycles. The molecule has 3 rings (SSSR count). The van der Waals surface area contributed by atoms with Crippen LogP contribution >= 0.6 is 0 Å². The number of esters is 1. The Hall–Kier alpha value is -3.15.